The third-order valence-electron chi connectivity index (χ3n) is 2.47. The highest BCUT2D eigenvalue weighted by Crippen LogP contribution is 2.11. The molecule has 0 saturated heterocycles. The molecule has 0 aliphatic heterocycles. The number of hydrogen-bond donors (Lipinski definition) is 0. The predicted octanol–water partition coefficient (Wildman–Crippen LogP) is 2.75. The van der Waals surface area contributed by atoms with Crippen molar-refractivity contribution < 1.29 is 5.11 Å². The molecule has 2 heteroatoms. The lowest BCUT2D eigenvalue weighted by Gasteiger charge is -2.07. The Labute approximate surface area is 107 Å². The molecule has 0 heterocycles. The van der Waals surface area contributed by atoms with Gasteiger partial charge in [-0.1, -0.05) is 67.6 Å². The average molecular weight is 236 g/mol. The molecule has 0 radical (unpaired) electrons. The van der Waals surface area contributed by atoms with Gasteiger partial charge in [0.15, 0.2) is 0 Å². The molecule has 0 aliphatic rings. The van der Waals surface area contributed by atoms with E-state index in [9.17, 15) is 5.11 Å². The van der Waals surface area contributed by atoms with Crippen LogP contribution in [0.5, 0.6) is 0 Å². The molecule has 0 spiro atoms. The third-order valence-corrected chi connectivity index (χ3v) is 2.47. The maximum Gasteiger partial charge on any atom is 0.0773 e. The van der Waals surface area contributed by atoms with Gasteiger partial charge in [-0.3, -0.25) is 4.99 Å². The minimum Gasteiger partial charge on any atom is -0.875 e. The van der Waals surface area contributed by atoms with Gasteiger partial charge in [0.1, 0.15) is 0 Å². The van der Waals surface area contributed by atoms with Crippen LogP contribution in [0.3, 0.4) is 0 Å². The number of rotatable bonds is 3. The van der Waals surface area contributed by atoms with E-state index >= 15 is 0 Å². The Bertz CT molecular complexity index is 511. The summed E-state index contributed by atoms with van der Waals surface area (Å²) in [5.74, 6) is -0.0561. The van der Waals surface area contributed by atoms with Crippen molar-refractivity contribution in [2.75, 3.05) is 0 Å². The largest absolute Gasteiger partial charge is 0.875 e. The Morgan fingerprint density at radius 3 is 1.72 bits per heavy atom. The molecular weight excluding hydrogens is 222 g/mol. The standard InChI is InChI=1S/C16H15NO/c1-13(18)12-17-16(14-8-4-2-5-9-14)15-10-6-3-7-11-15/h2-12,18H,1H3/p-1/b13-12-. The molecule has 0 fully saturated rings. The third kappa shape index (κ3) is 3.08. The Balaban J connectivity index is 2.49. The normalized spacial score (nSPS) is 11.1. The van der Waals surface area contributed by atoms with E-state index in [2.05, 4.69) is 4.99 Å². The average Bonchev–Trinajstić information content (AvgIpc) is 2.41. The first-order valence-electron chi connectivity index (χ1n) is 5.80. The molecule has 0 saturated carbocycles. The molecule has 90 valence electrons. The quantitative estimate of drug-likeness (QED) is 0.596. The Morgan fingerprint density at radius 1 is 0.889 bits per heavy atom. The summed E-state index contributed by atoms with van der Waals surface area (Å²) in [7, 11) is 0. The fourth-order valence-corrected chi connectivity index (χ4v) is 1.66. The molecule has 2 rings (SSSR count). The maximum atomic E-state index is 11.0. The van der Waals surface area contributed by atoms with Crippen LogP contribution in [0.4, 0.5) is 0 Å². The van der Waals surface area contributed by atoms with Gasteiger partial charge in [-0.15, -0.1) is 5.76 Å². The summed E-state index contributed by atoms with van der Waals surface area (Å²) < 4.78 is 0. The van der Waals surface area contributed by atoms with Gasteiger partial charge in [0.25, 0.3) is 0 Å². The molecule has 0 bridgehead atoms. The number of allylic oxidation sites excluding steroid dienone is 1. The van der Waals surface area contributed by atoms with Crippen molar-refractivity contribution in [2.24, 2.45) is 4.99 Å². The molecular formula is C16H14NO-. The van der Waals surface area contributed by atoms with E-state index in [1.54, 1.807) is 0 Å². The lowest BCUT2D eigenvalue weighted by molar-refractivity contribution is -0.302. The number of hydrogen-bond acceptors (Lipinski definition) is 2. The molecule has 0 aromatic heterocycles. The Morgan fingerprint density at radius 2 is 1.33 bits per heavy atom. The Hall–Kier alpha value is -2.35. The van der Waals surface area contributed by atoms with Crippen LogP contribution in [0.2, 0.25) is 0 Å². The van der Waals surface area contributed by atoms with Crippen LogP contribution in [0.1, 0.15) is 18.1 Å². The molecule has 2 nitrogen and oxygen atoms in total. The second-order valence-corrected chi connectivity index (χ2v) is 3.95. The molecule has 0 N–H and O–H groups in total. The topological polar surface area (TPSA) is 35.4 Å². The predicted molar refractivity (Wildman–Crippen MR) is 72.3 cm³/mol. The zero-order valence-corrected chi connectivity index (χ0v) is 10.2. The van der Waals surface area contributed by atoms with Gasteiger partial charge in [0.2, 0.25) is 0 Å². The zero-order chi connectivity index (χ0) is 12.8. The van der Waals surface area contributed by atoms with Crippen molar-refractivity contribution in [3.8, 4) is 0 Å². The molecule has 2 aromatic carbocycles. The van der Waals surface area contributed by atoms with Gasteiger partial charge in [-0.25, -0.2) is 0 Å². The summed E-state index contributed by atoms with van der Waals surface area (Å²) in [6.07, 6.45) is 1.36. The summed E-state index contributed by atoms with van der Waals surface area (Å²) in [5.41, 5.74) is 2.81. The van der Waals surface area contributed by atoms with Crippen LogP contribution in [0, 0.1) is 0 Å². The molecule has 18 heavy (non-hydrogen) atoms. The van der Waals surface area contributed by atoms with Gasteiger partial charge < -0.3 is 5.11 Å². The van der Waals surface area contributed by atoms with Crippen molar-refractivity contribution in [1.82, 2.24) is 0 Å². The first-order chi connectivity index (χ1) is 8.77. The van der Waals surface area contributed by atoms with E-state index in [1.165, 1.54) is 13.1 Å². The minimum atomic E-state index is -0.0561. The smallest absolute Gasteiger partial charge is 0.0773 e. The van der Waals surface area contributed by atoms with Gasteiger partial charge in [0, 0.05) is 17.3 Å². The summed E-state index contributed by atoms with van der Waals surface area (Å²) in [5, 5.41) is 11.0. The lowest BCUT2D eigenvalue weighted by atomic mass is 10.0. The highest BCUT2D eigenvalue weighted by Gasteiger charge is 2.04. The fourth-order valence-electron chi connectivity index (χ4n) is 1.66. The van der Waals surface area contributed by atoms with Gasteiger partial charge >= 0.3 is 0 Å². The first kappa shape index (κ1) is 12.1. The van der Waals surface area contributed by atoms with Gasteiger partial charge in [-0.05, 0) is 0 Å². The molecule has 0 amide bonds. The van der Waals surface area contributed by atoms with Crippen molar-refractivity contribution in [2.45, 2.75) is 6.92 Å². The van der Waals surface area contributed by atoms with Crippen molar-refractivity contribution in [3.05, 3.63) is 83.7 Å². The summed E-state index contributed by atoms with van der Waals surface area (Å²) in [6, 6.07) is 19.7. The van der Waals surface area contributed by atoms with Gasteiger partial charge in [0.05, 0.1) is 5.71 Å². The van der Waals surface area contributed by atoms with Crippen LogP contribution < -0.4 is 5.11 Å². The van der Waals surface area contributed by atoms with E-state index in [0.717, 1.165) is 16.8 Å². The van der Waals surface area contributed by atoms with Crippen LogP contribution in [-0.2, 0) is 0 Å². The first-order valence-corrected chi connectivity index (χ1v) is 5.80. The monoisotopic (exact) mass is 236 g/mol. The second-order valence-electron chi connectivity index (χ2n) is 3.95. The number of nitrogens with zero attached hydrogens (tertiary/aromatic N) is 1. The summed E-state index contributed by atoms with van der Waals surface area (Å²) in [4.78, 5) is 4.31. The summed E-state index contributed by atoms with van der Waals surface area (Å²) in [6.45, 7) is 1.50. The summed E-state index contributed by atoms with van der Waals surface area (Å²) >= 11 is 0. The molecule has 0 aliphatic carbocycles. The van der Waals surface area contributed by atoms with Crippen molar-refractivity contribution in [1.29, 1.82) is 0 Å². The van der Waals surface area contributed by atoms with Crippen LogP contribution in [0.15, 0.2) is 77.6 Å². The van der Waals surface area contributed by atoms with Crippen LogP contribution in [-0.4, -0.2) is 5.71 Å². The number of aliphatic imine (C=N–C) groups is 1. The zero-order valence-electron chi connectivity index (χ0n) is 10.2. The van der Waals surface area contributed by atoms with E-state index in [-0.39, 0.29) is 5.76 Å². The van der Waals surface area contributed by atoms with E-state index in [0.29, 0.717) is 0 Å². The Kier molecular flexibility index (Phi) is 3.92. The van der Waals surface area contributed by atoms with Crippen LogP contribution in [0.25, 0.3) is 0 Å². The van der Waals surface area contributed by atoms with E-state index in [1.807, 2.05) is 60.7 Å². The highest BCUT2D eigenvalue weighted by atomic mass is 16.3. The lowest BCUT2D eigenvalue weighted by Crippen LogP contribution is -2.03. The minimum absolute atomic E-state index is 0.0561. The maximum absolute atomic E-state index is 11.0. The van der Waals surface area contributed by atoms with Crippen molar-refractivity contribution >= 4 is 5.71 Å². The van der Waals surface area contributed by atoms with E-state index < -0.39 is 0 Å². The number of benzene rings is 2. The second kappa shape index (κ2) is 5.82. The molecule has 0 atom stereocenters. The molecule has 2 aromatic rings. The van der Waals surface area contributed by atoms with Gasteiger partial charge in [-0.2, -0.15) is 0 Å². The fraction of sp³-hybridized carbons (Fsp3) is 0.0625. The molecule has 0 unspecified atom stereocenters. The van der Waals surface area contributed by atoms with E-state index in [4.69, 9.17) is 0 Å². The van der Waals surface area contributed by atoms with Crippen LogP contribution >= 0.6 is 0 Å². The van der Waals surface area contributed by atoms with Crippen molar-refractivity contribution in [3.63, 3.8) is 0 Å². The SMILES string of the molecule is C/C([O-])=C/N=C(c1ccccc1)c1ccccc1. The highest BCUT2D eigenvalue weighted by molar-refractivity contribution is 6.13.